The van der Waals surface area contributed by atoms with Gasteiger partial charge in [0.15, 0.2) is 0 Å². The third-order valence-electron chi connectivity index (χ3n) is 1.99. The van der Waals surface area contributed by atoms with Gasteiger partial charge in [-0.2, -0.15) is 24.9 Å². The molecule has 98 valence electrons. The second-order valence-corrected chi connectivity index (χ2v) is 6.68. The van der Waals surface area contributed by atoms with Gasteiger partial charge in [0.1, 0.15) is 0 Å². The van der Waals surface area contributed by atoms with Crippen molar-refractivity contribution in [2.24, 2.45) is 0 Å². The third-order valence-corrected chi connectivity index (χ3v) is 3.42. The summed E-state index contributed by atoms with van der Waals surface area (Å²) < 4.78 is 36.4. The first kappa shape index (κ1) is 16.1. The minimum atomic E-state index is -4.04. The first-order chi connectivity index (χ1) is 7.14. The zero-order valence-corrected chi connectivity index (χ0v) is 11.3. The molecule has 0 aromatic carbocycles. The maximum atomic E-state index is 12.1. The highest BCUT2D eigenvalue weighted by molar-refractivity contribution is 8.00. The molecule has 0 bridgehead atoms. The van der Waals surface area contributed by atoms with E-state index >= 15 is 0 Å². The fourth-order valence-corrected chi connectivity index (χ4v) is 2.21. The molecule has 0 radical (unpaired) electrons. The first-order valence-corrected chi connectivity index (χ1v) is 6.56. The van der Waals surface area contributed by atoms with Gasteiger partial charge < -0.3 is 5.32 Å². The van der Waals surface area contributed by atoms with Crippen molar-refractivity contribution >= 4 is 11.8 Å². The normalized spacial score (nSPS) is 15.2. The summed E-state index contributed by atoms with van der Waals surface area (Å²) in [5, 5.41) is 3.11. The zero-order chi connectivity index (χ0) is 12.8. The first-order valence-electron chi connectivity index (χ1n) is 5.58. The van der Waals surface area contributed by atoms with Crippen molar-refractivity contribution in [3.05, 3.63) is 0 Å². The lowest BCUT2D eigenvalue weighted by Gasteiger charge is -2.23. The monoisotopic (exact) mass is 257 g/mol. The molecule has 1 N–H and O–H groups in total. The molecule has 0 aliphatic carbocycles. The fourth-order valence-electron chi connectivity index (χ4n) is 1.22. The van der Waals surface area contributed by atoms with Crippen LogP contribution in [0.3, 0.4) is 0 Å². The molecule has 0 saturated carbocycles. The lowest BCUT2D eigenvalue weighted by Crippen LogP contribution is -2.33. The smallest absolute Gasteiger partial charge is 0.313 e. The molecule has 1 nitrogen and oxygen atoms in total. The molecule has 0 rings (SSSR count). The SMILES string of the molecule is CCNC(CCC(F)(F)F)CSC(C)(C)C. The van der Waals surface area contributed by atoms with E-state index in [0.29, 0.717) is 6.54 Å². The molecule has 5 heteroatoms. The molecule has 0 amide bonds. The Bertz CT molecular complexity index is 169. The van der Waals surface area contributed by atoms with Crippen molar-refractivity contribution in [3.8, 4) is 0 Å². The van der Waals surface area contributed by atoms with Crippen molar-refractivity contribution in [1.82, 2.24) is 5.32 Å². The number of alkyl halides is 3. The Morgan fingerprint density at radius 1 is 1.19 bits per heavy atom. The highest BCUT2D eigenvalue weighted by Crippen LogP contribution is 2.27. The Morgan fingerprint density at radius 2 is 1.75 bits per heavy atom. The van der Waals surface area contributed by atoms with Crippen LogP contribution in [0.15, 0.2) is 0 Å². The van der Waals surface area contributed by atoms with Gasteiger partial charge in [-0.15, -0.1) is 0 Å². The van der Waals surface area contributed by atoms with Crippen molar-refractivity contribution in [2.75, 3.05) is 12.3 Å². The Kier molecular flexibility index (Phi) is 6.79. The van der Waals surface area contributed by atoms with E-state index in [1.165, 1.54) is 0 Å². The molecule has 0 aromatic heterocycles. The van der Waals surface area contributed by atoms with Crippen LogP contribution in [0.5, 0.6) is 0 Å². The topological polar surface area (TPSA) is 12.0 Å². The van der Waals surface area contributed by atoms with Crippen molar-refractivity contribution < 1.29 is 13.2 Å². The van der Waals surface area contributed by atoms with Crippen LogP contribution >= 0.6 is 11.8 Å². The van der Waals surface area contributed by atoms with Crippen LogP contribution in [-0.2, 0) is 0 Å². The van der Waals surface area contributed by atoms with Crippen molar-refractivity contribution in [2.45, 2.75) is 57.5 Å². The van der Waals surface area contributed by atoms with Gasteiger partial charge in [-0.3, -0.25) is 0 Å². The summed E-state index contributed by atoms with van der Waals surface area (Å²) in [6.45, 7) is 8.86. The Morgan fingerprint density at radius 3 is 2.12 bits per heavy atom. The number of thioether (sulfide) groups is 1. The number of rotatable bonds is 6. The second-order valence-electron chi connectivity index (χ2n) is 4.83. The van der Waals surface area contributed by atoms with E-state index < -0.39 is 12.6 Å². The van der Waals surface area contributed by atoms with E-state index in [9.17, 15) is 13.2 Å². The van der Waals surface area contributed by atoms with E-state index in [2.05, 4.69) is 26.1 Å². The maximum Gasteiger partial charge on any atom is 0.389 e. The van der Waals surface area contributed by atoms with Crippen molar-refractivity contribution in [1.29, 1.82) is 0 Å². The quantitative estimate of drug-likeness (QED) is 0.776. The minimum Gasteiger partial charge on any atom is -0.313 e. The van der Waals surface area contributed by atoms with Crippen LogP contribution in [-0.4, -0.2) is 29.3 Å². The summed E-state index contributed by atoms with van der Waals surface area (Å²) in [4.78, 5) is 0. The average Bonchev–Trinajstić information content (AvgIpc) is 2.07. The van der Waals surface area contributed by atoms with E-state index in [0.717, 1.165) is 5.75 Å². The molecule has 0 saturated heterocycles. The fraction of sp³-hybridized carbons (Fsp3) is 1.00. The van der Waals surface area contributed by atoms with Gasteiger partial charge >= 0.3 is 6.18 Å². The molecule has 0 aliphatic rings. The molecular weight excluding hydrogens is 235 g/mol. The predicted octanol–water partition coefficient (Wildman–Crippen LogP) is 3.84. The number of hydrogen-bond acceptors (Lipinski definition) is 2. The van der Waals surface area contributed by atoms with Crippen LogP contribution in [0.4, 0.5) is 13.2 Å². The number of nitrogens with one attached hydrogen (secondary N) is 1. The van der Waals surface area contributed by atoms with Gasteiger partial charge in [-0.25, -0.2) is 0 Å². The largest absolute Gasteiger partial charge is 0.389 e. The van der Waals surface area contributed by atoms with Crippen LogP contribution in [0.25, 0.3) is 0 Å². The summed E-state index contributed by atoms with van der Waals surface area (Å²) in [6, 6.07) is -0.0455. The summed E-state index contributed by atoms with van der Waals surface area (Å²) in [5.74, 6) is 0.730. The number of hydrogen-bond donors (Lipinski definition) is 1. The Labute approximate surface area is 101 Å². The highest BCUT2D eigenvalue weighted by atomic mass is 32.2. The van der Waals surface area contributed by atoms with Gasteiger partial charge in [-0.1, -0.05) is 27.7 Å². The van der Waals surface area contributed by atoms with Crippen molar-refractivity contribution in [3.63, 3.8) is 0 Å². The van der Waals surface area contributed by atoms with Gasteiger partial charge in [0, 0.05) is 23.0 Å². The predicted molar refractivity (Wildman–Crippen MR) is 65.0 cm³/mol. The summed E-state index contributed by atoms with van der Waals surface area (Å²) in [7, 11) is 0. The van der Waals surface area contributed by atoms with E-state index in [1.54, 1.807) is 11.8 Å². The maximum absolute atomic E-state index is 12.1. The molecule has 0 spiro atoms. The molecular formula is C11H22F3NS. The van der Waals surface area contributed by atoms with Gasteiger partial charge in [0.25, 0.3) is 0 Å². The summed E-state index contributed by atoms with van der Waals surface area (Å²) >= 11 is 1.70. The standard InChI is InChI=1S/C11H22F3NS/c1-5-15-9(6-7-11(12,13)14)8-16-10(2,3)4/h9,15H,5-8H2,1-4H3. The second kappa shape index (κ2) is 6.74. The van der Waals surface area contributed by atoms with E-state index in [-0.39, 0.29) is 17.2 Å². The minimum absolute atomic E-state index is 0.0455. The lowest BCUT2D eigenvalue weighted by molar-refractivity contribution is -0.136. The molecule has 0 heterocycles. The van der Waals surface area contributed by atoms with Gasteiger partial charge in [-0.05, 0) is 13.0 Å². The van der Waals surface area contributed by atoms with Gasteiger partial charge in [0.05, 0.1) is 0 Å². The van der Waals surface area contributed by atoms with Crippen LogP contribution in [0.2, 0.25) is 0 Å². The summed E-state index contributed by atoms with van der Waals surface area (Å²) in [5.41, 5.74) is 0. The average molecular weight is 257 g/mol. The molecule has 1 atom stereocenters. The van der Waals surface area contributed by atoms with Crippen LogP contribution in [0.1, 0.15) is 40.5 Å². The van der Waals surface area contributed by atoms with Crippen LogP contribution in [0, 0.1) is 0 Å². The Hall–Kier alpha value is 0.100. The third kappa shape index (κ3) is 10.6. The molecule has 0 aliphatic heterocycles. The molecule has 0 aromatic rings. The zero-order valence-electron chi connectivity index (χ0n) is 10.4. The Balaban J connectivity index is 3.98. The number of halogens is 3. The lowest BCUT2D eigenvalue weighted by atomic mass is 10.2. The van der Waals surface area contributed by atoms with E-state index in [1.807, 2.05) is 6.92 Å². The summed E-state index contributed by atoms with van der Waals surface area (Å²) in [6.07, 6.45) is -4.57. The van der Waals surface area contributed by atoms with Gasteiger partial charge in [0.2, 0.25) is 0 Å². The molecule has 1 unspecified atom stereocenters. The highest BCUT2D eigenvalue weighted by Gasteiger charge is 2.28. The van der Waals surface area contributed by atoms with E-state index in [4.69, 9.17) is 0 Å². The molecule has 0 fully saturated rings. The van der Waals surface area contributed by atoms with Crippen LogP contribution < -0.4 is 5.32 Å². The molecule has 16 heavy (non-hydrogen) atoms.